The number of hydrogen-bond acceptors (Lipinski definition) is 5. The molecule has 0 amide bonds. The molecule has 1 aliphatic heterocycles. The minimum atomic E-state index is 0.268. The third kappa shape index (κ3) is 4.44. The number of likely N-dealkylation sites (tertiary alicyclic amines) is 1. The summed E-state index contributed by atoms with van der Waals surface area (Å²) >= 11 is 0. The van der Waals surface area contributed by atoms with E-state index < -0.39 is 0 Å². The van der Waals surface area contributed by atoms with Gasteiger partial charge < -0.3 is 15.6 Å². The molecule has 116 valence electrons. The lowest BCUT2D eigenvalue weighted by Crippen LogP contribution is -2.25. The monoisotopic (exact) mass is 291 g/mol. The maximum atomic E-state index is 9.89. The van der Waals surface area contributed by atoms with Crippen molar-refractivity contribution in [2.24, 2.45) is 5.73 Å². The zero-order valence-corrected chi connectivity index (χ0v) is 12.7. The van der Waals surface area contributed by atoms with Crippen molar-refractivity contribution in [2.75, 3.05) is 32.8 Å². The van der Waals surface area contributed by atoms with Crippen LogP contribution in [0.4, 0.5) is 0 Å². The summed E-state index contributed by atoms with van der Waals surface area (Å²) in [5.74, 6) is 1.06. The number of pyridine rings is 1. The molecule has 5 nitrogen and oxygen atoms in total. The standard InChI is InChI=1S/C16H25N3O2/c1-2-16(20)14(12-17)15-11-13(5-6-18-15)21-10-9-19-7-3-4-8-19/h5-6,11,20H,2-4,7-10,12,17H2,1H3. The quantitative estimate of drug-likeness (QED) is 0.754. The minimum absolute atomic E-state index is 0.268. The molecule has 3 N–H and O–H groups in total. The first-order valence-electron chi connectivity index (χ1n) is 7.67. The summed E-state index contributed by atoms with van der Waals surface area (Å²) in [6.07, 6.45) is 4.83. The average Bonchev–Trinajstić information content (AvgIpc) is 3.01. The van der Waals surface area contributed by atoms with Gasteiger partial charge in [0.1, 0.15) is 12.4 Å². The molecule has 0 radical (unpaired) electrons. The molecule has 1 saturated heterocycles. The van der Waals surface area contributed by atoms with Gasteiger partial charge in [-0.25, -0.2) is 0 Å². The van der Waals surface area contributed by atoms with Crippen LogP contribution >= 0.6 is 0 Å². The van der Waals surface area contributed by atoms with Crippen LogP contribution in [0, 0.1) is 0 Å². The highest BCUT2D eigenvalue weighted by atomic mass is 16.5. The largest absolute Gasteiger partial charge is 0.512 e. The summed E-state index contributed by atoms with van der Waals surface area (Å²) < 4.78 is 5.79. The topological polar surface area (TPSA) is 71.6 Å². The Labute approximate surface area is 126 Å². The van der Waals surface area contributed by atoms with Crippen LogP contribution in [-0.2, 0) is 0 Å². The number of aliphatic hydroxyl groups is 1. The Hall–Kier alpha value is -1.59. The summed E-state index contributed by atoms with van der Waals surface area (Å²) in [5, 5.41) is 9.89. The van der Waals surface area contributed by atoms with E-state index in [0.29, 0.717) is 30.1 Å². The minimum Gasteiger partial charge on any atom is -0.512 e. The van der Waals surface area contributed by atoms with E-state index >= 15 is 0 Å². The smallest absolute Gasteiger partial charge is 0.123 e. The molecule has 0 aromatic carbocycles. The van der Waals surface area contributed by atoms with Crippen molar-refractivity contribution in [2.45, 2.75) is 26.2 Å². The van der Waals surface area contributed by atoms with Gasteiger partial charge in [0.15, 0.2) is 0 Å². The molecular weight excluding hydrogens is 266 g/mol. The molecule has 2 heterocycles. The van der Waals surface area contributed by atoms with E-state index in [1.165, 1.54) is 25.9 Å². The summed E-state index contributed by atoms with van der Waals surface area (Å²) in [7, 11) is 0. The van der Waals surface area contributed by atoms with Crippen LogP contribution in [0.1, 0.15) is 31.9 Å². The molecule has 0 unspecified atom stereocenters. The number of rotatable bonds is 7. The number of ether oxygens (including phenoxy) is 1. The second kappa shape index (κ2) is 8.00. The first-order valence-corrected chi connectivity index (χ1v) is 7.67. The fourth-order valence-electron chi connectivity index (χ4n) is 2.55. The van der Waals surface area contributed by atoms with Gasteiger partial charge in [-0.2, -0.15) is 0 Å². The summed E-state index contributed by atoms with van der Waals surface area (Å²) in [6, 6.07) is 3.68. The van der Waals surface area contributed by atoms with Crippen molar-refractivity contribution in [1.29, 1.82) is 0 Å². The average molecular weight is 291 g/mol. The van der Waals surface area contributed by atoms with E-state index in [4.69, 9.17) is 10.5 Å². The predicted molar refractivity (Wildman–Crippen MR) is 84.3 cm³/mol. The van der Waals surface area contributed by atoms with Gasteiger partial charge >= 0.3 is 0 Å². The molecule has 0 bridgehead atoms. The van der Waals surface area contributed by atoms with Gasteiger partial charge in [-0.05, 0) is 32.0 Å². The van der Waals surface area contributed by atoms with Gasteiger partial charge in [-0.3, -0.25) is 9.88 Å². The van der Waals surface area contributed by atoms with Gasteiger partial charge in [0.05, 0.1) is 11.5 Å². The second-order valence-corrected chi connectivity index (χ2v) is 5.26. The molecule has 21 heavy (non-hydrogen) atoms. The maximum Gasteiger partial charge on any atom is 0.123 e. The molecule has 1 aliphatic rings. The lowest BCUT2D eigenvalue weighted by Gasteiger charge is -2.15. The molecule has 0 aliphatic carbocycles. The fraction of sp³-hybridized carbons (Fsp3) is 0.562. The third-order valence-electron chi connectivity index (χ3n) is 3.80. The number of aliphatic hydroxyl groups excluding tert-OH is 1. The highest BCUT2D eigenvalue weighted by molar-refractivity contribution is 5.66. The Bertz CT molecular complexity index is 482. The second-order valence-electron chi connectivity index (χ2n) is 5.26. The molecule has 1 aromatic heterocycles. The fourth-order valence-corrected chi connectivity index (χ4v) is 2.55. The Morgan fingerprint density at radius 1 is 1.43 bits per heavy atom. The Kier molecular flexibility index (Phi) is 6.02. The van der Waals surface area contributed by atoms with Crippen LogP contribution in [-0.4, -0.2) is 47.8 Å². The van der Waals surface area contributed by atoms with E-state index in [2.05, 4.69) is 9.88 Å². The zero-order chi connectivity index (χ0) is 15.1. The van der Waals surface area contributed by atoms with Crippen LogP contribution in [0.2, 0.25) is 0 Å². The van der Waals surface area contributed by atoms with Gasteiger partial charge in [0.25, 0.3) is 0 Å². The van der Waals surface area contributed by atoms with Crippen LogP contribution in [0.25, 0.3) is 5.57 Å². The van der Waals surface area contributed by atoms with Crippen molar-refractivity contribution in [3.8, 4) is 5.75 Å². The summed E-state index contributed by atoms with van der Waals surface area (Å²) in [5.41, 5.74) is 7.08. The summed E-state index contributed by atoms with van der Waals surface area (Å²) in [4.78, 5) is 6.69. The van der Waals surface area contributed by atoms with Crippen molar-refractivity contribution >= 4 is 5.57 Å². The van der Waals surface area contributed by atoms with E-state index in [1.54, 1.807) is 6.20 Å². The zero-order valence-electron chi connectivity index (χ0n) is 12.7. The summed E-state index contributed by atoms with van der Waals surface area (Å²) in [6.45, 7) is 6.14. The molecular formula is C16H25N3O2. The van der Waals surface area contributed by atoms with Crippen LogP contribution in [0.5, 0.6) is 5.75 Å². The Morgan fingerprint density at radius 3 is 2.86 bits per heavy atom. The van der Waals surface area contributed by atoms with Crippen molar-refractivity contribution < 1.29 is 9.84 Å². The molecule has 2 rings (SSSR count). The number of aromatic nitrogens is 1. The van der Waals surface area contributed by atoms with E-state index in [9.17, 15) is 5.11 Å². The van der Waals surface area contributed by atoms with Crippen molar-refractivity contribution in [3.05, 3.63) is 29.8 Å². The van der Waals surface area contributed by atoms with Crippen LogP contribution < -0.4 is 10.5 Å². The first-order chi connectivity index (χ1) is 10.2. The van der Waals surface area contributed by atoms with Crippen LogP contribution in [0.15, 0.2) is 24.1 Å². The number of hydrogen-bond donors (Lipinski definition) is 2. The normalized spacial score (nSPS) is 16.9. The molecule has 1 fully saturated rings. The van der Waals surface area contributed by atoms with Crippen molar-refractivity contribution in [3.63, 3.8) is 0 Å². The number of nitrogens with two attached hydrogens (primary N) is 1. The lowest BCUT2D eigenvalue weighted by molar-refractivity contribution is 0.237. The highest BCUT2D eigenvalue weighted by Gasteiger charge is 2.11. The molecule has 0 spiro atoms. The Balaban J connectivity index is 1.96. The van der Waals surface area contributed by atoms with E-state index in [0.717, 1.165) is 12.3 Å². The molecule has 5 heteroatoms. The van der Waals surface area contributed by atoms with E-state index in [-0.39, 0.29) is 6.54 Å². The maximum absolute atomic E-state index is 9.89. The third-order valence-corrected chi connectivity index (χ3v) is 3.80. The van der Waals surface area contributed by atoms with Gasteiger partial charge in [0, 0.05) is 37.3 Å². The van der Waals surface area contributed by atoms with Crippen LogP contribution in [0.3, 0.4) is 0 Å². The predicted octanol–water partition coefficient (Wildman–Crippen LogP) is 2.19. The number of allylic oxidation sites excluding steroid dienone is 1. The lowest BCUT2D eigenvalue weighted by atomic mass is 10.1. The molecule has 1 aromatic rings. The highest BCUT2D eigenvalue weighted by Crippen LogP contribution is 2.20. The van der Waals surface area contributed by atoms with Crippen molar-refractivity contribution in [1.82, 2.24) is 9.88 Å². The number of nitrogens with zero attached hydrogens (tertiary/aromatic N) is 2. The Morgan fingerprint density at radius 2 is 2.19 bits per heavy atom. The molecule has 0 atom stereocenters. The van der Waals surface area contributed by atoms with Gasteiger partial charge in [0.2, 0.25) is 0 Å². The van der Waals surface area contributed by atoms with E-state index in [1.807, 2.05) is 19.1 Å². The first kappa shape index (κ1) is 15.8. The van der Waals surface area contributed by atoms with Gasteiger partial charge in [-0.15, -0.1) is 0 Å². The van der Waals surface area contributed by atoms with Gasteiger partial charge in [-0.1, -0.05) is 6.92 Å². The SMILES string of the molecule is CCC(O)=C(CN)c1cc(OCCN2CCCC2)ccn1. The molecule has 0 saturated carbocycles.